The highest BCUT2D eigenvalue weighted by Gasteiger charge is 2.12. The summed E-state index contributed by atoms with van der Waals surface area (Å²) in [5.41, 5.74) is 3.18. The van der Waals surface area contributed by atoms with Gasteiger partial charge in [-0.1, -0.05) is 15.9 Å². The number of anilines is 1. The molecule has 0 bridgehead atoms. The molecule has 0 atom stereocenters. The van der Waals surface area contributed by atoms with E-state index in [1.54, 1.807) is 17.9 Å². The third kappa shape index (κ3) is 2.79. The molecule has 0 aliphatic heterocycles. The summed E-state index contributed by atoms with van der Waals surface area (Å²) >= 11 is 3.41. The summed E-state index contributed by atoms with van der Waals surface area (Å²) in [7, 11) is 1.80. The smallest absolute Gasteiger partial charge is 0.259 e. The van der Waals surface area contributed by atoms with Crippen LogP contribution in [0.3, 0.4) is 0 Å². The number of carbonyl (C=O) groups excluding carboxylic acids is 1. The molecule has 1 N–H and O–H groups in total. The normalized spacial score (nSPS) is 10.4. The summed E-state index contributed by atoms with van der Waals surface area (Å²) in [6.07, 6.45) is 1.72. The van der Waals surface area contributed by atoms with Gasteiger partial charge < -0.3 is 5.32 Å². The second-order valence-corrected chi connectivity index (χ2v) is 5.19. The minimum atomic E-state index is -0.141. The Morgan fingerprint density at radius 3 is 2.61 bits per heavy atom. The molecule has 1 amide bonds. The summed E-state index contributed by atoms with van der Waals surface area (Å²) in [6, 6.07) is 5.79. The van der Waals surface area contributed by atoms with E-state index in [1.807, 2.05) is 32.0 Å². The van der Waals surface area contributed by atoms with E-state index in [9.17, 15) is 4.79 Å². The van der Waals surface area contributed by atoms with Crippen molar-refractivity contribution in [2.75, 3.05) is 5.32 Å². The first-order chi connectivity index (χ1) is 8.45. The Balaban J connectivity index is 2.23. The monoisotopic (exact) mass is 307 g/mol. The Labute approximate surface area is 114 Å². The van der Waals surface area contributed by atoms with Gasteiger partial charge in [0.2, 0.25) is 0 Å². The standard InChI is InChI=1S/C13H14BrN3O/c1-8-4-10(14)6-11(5-8)15-13(18)12-7-17(3)16-9(12)2/h4-7H,1-3H3,(H,15,18). The third-order valence-electron chi connectivity index (χ3n) is 2.56. The van der Waals surface area contributed by atoms with Crippen molar-refractivity contribution in [2.45, 2.75) is 13.8 Å². The van der Waals surface area contributed by atoms with Gasteiger partial charge in [0.05, 0.1) is 11.3 Å². The average Bonchev–Trinajstić information content (AvgIpc) is 2.56. The average molecular weight is 308 g/mol. The Morgan fingerprint density at radius 2 is 2.06 bits per heavy atom. The number of hydrogen-bond acceptors (Lipinski definition) is 2. The zero-order valence-corrected chi connectivity index (χ0v) is 12.1. The number of rotatable bonds is 2. The molecule has 1 heterocycles. The van der Waals surface area contributed by atoms with Crippen LogP contribution in [-0.4, -0.2) is 15.7 Å². The van der Waals surface area contributed by atoms with Crippen molar-refractivity contribution >= 4 is 27.5 Å². The van der Waals surface area contributed by atoms with Crippen LogP contribution in [0.5, 0.6) is 0 Å². The van der Waals surface area contributed by atoms with Gasteiger partial charge in [0, 0.05) is 23.4 Å². The molecule has 0 saturated heterocycles. The molecule has 94 valence electrons. The van der Waals surface area contributed by atoms with Gasteiger partial charge in [-0.2, -0.15) is 5.10 Å². The Hall–Kier alpha value is -1.62. The molecular formula is C13H14BrN3O. The Kier molecular flexibility index (Phi) is 3.52. The maximum Gasteiger partial charge on any atom is 0.259 e. The zero-order valence-electron chi connectivity index (χ0n) is 10.5. The first-order valence-corrected chi connectivity index (χ1v) is 6.34. The van der Waals surface area contributed by atoms with Gasteiger partial charge in [-0.15, -0.1) is 0 Å². The Morgan fingerprint density at radius 1 is 1.33 bits per heavy atom. The number of nitrogens with zero attached hydrogens (tertiary/aromatic N) is 2. The van der Waals surface area contributed by atoms with Gasteiger partial charge in [0.25, 0.3) is 5.91 Å². The fourth-order valence-corrected chi connectivity index (χ4v) is 2.44. The van der Waals surface area contributed by atoms with Gasteiger partial charge in [-0.05, 0) is 37.6 Å². The molecule has 2 rings (SSSR count). The van der Waals surface area contributed by atoms with Crippen molar-refractivity contribution in [1.29, 1.82) is 0 Å². The molecule has 0 fully saturated rings. The minimum Gasteiger partial charge on any atom is -0.322 e. The lowest BCUT2D eigenvalue weighted by Gasteiger charge is -2.06. The van der Waals surface area contributed by atoms with Crippen LogP contribution < -0.4 is 5.32 Å². The van der Waals surface area contributed by atoms with E-state index in [0.29, 0.717) is 5.56 Å². The van der Waals surface area contributed by atoms with Crippen LogP contribution in [-0.2, 0) is 7.05 Å². The summed E-state index contributed by atoms with van der Waals surface area (Å²) in [5, 5.41) is 7.03. The van der Waals surface area contributed by atoms with Crippen molar-refractivity contribution in [3.05, 3.63) is 45.7 Å². The third-order valence-corrected chi connectivity index (χ3v) is 3.02. The molecule has 0 radical (unpaired) electrons. The van der Waals surface area contributed by atoms with Crippen molar-refractivity contribution in [2.24, 2.45) is 7.05 Å². The molecule has 0 unspecified atom stereocenters. The summed E-state index contributed by atoms with van der Waals surface area (Å²) < 4.78 is 2.58. The maximum absolute atomic E-state index is 12.1. The van der Waals surface area contributed by atoms with Crippen LogP contribution >= 0.6 is 15.9 Å². The zero-order chi connectivity index (χ0) is 13.3. The molecular weight excluding hydrogens is 294 g/mol. The van der Waals surface area contributed by atoms with Gasteiger partial charge in [0.15, 0.2) is 0 Å². The molecule has 18 heavy (non-hydrogen) atoms. The maximum atomic E-state index is 12.1. The van der Waals surface area contributed by atoms with Gasteiger partial charge >= 0.3 is 0 Å². The lowest BCUT2D eigenvalue weighted by Crippen LogP contribution is -2.12. The van der Waals surface area contributed by atoms with Gasteiger partial charge in [-0.3, -0.25) is 9.48 Å². The number of benzene rings is 1. The van der Waals surface area contributed by atoms with E-state index in [2.05, 4.69) is 26.3 Å². The molecule has 1 aromatic carbocycles. The number of halogens is 1. The van der Waals surface area contributed by atoms with Crippen molar-refractivity contribution in [3.8, 4) is 0 Å². The van der Waals surface area contributed by atoms with E-state index in [4.69, 9.17) is 0 Å². The summed E-state index contributed by atoms with van der Waals surface area (Å²) in [6.45, 7) is 3.80. The molecule has 0 aliphatic carbocycles. The van der Waals surface area contributed by atoms with Crippen molar-refractivity contribution in [1.82, 2.24) is 9.78 Å². The highest BCUT2D eigenvalue weighted by molar-refractivity contribution is 9.10. The first-order valence-electron chi connectivity index (χ1n) is 5.54. The number of carbonyl (C=O) groups is 1. The predicted molar refractivity (Wildman–Crippen MR) is 74.8 cm³/mol. The van der Waals surface area contributed by atoms with Crippen molar-refractivity contribution in [3.63, 3.8) is 0 Å². The highest BCUT2D eigenvalue weighted by Crippen LogP contribution is 2.20. The quantitative estimate of drug-likeness (QED) is 0.927. The number of amides is 1. The van der Waals surface area contributed by atoms with Gasteiger partial charge in [-0.25, -0.2) is 0 Å². The summed E-state index contributed by atoms with van der Waals surface area (Å²) in [5.74, 6) is -0.141. The Bertz CT molecular complexity index is 584. The topological polar surface area (TPSA) is 46.9 Å². The molecule has 2 aromatic rings. The molecule has 4 nitrogen and oxygen atoms in total. The van der Waals surface area contributed by atoms with Crippen LogP contribution in [0.4, 0.5) is 5.69 Å². The SMILES string of the molecule is Cc1cc(Br)cc(NC(=O)c2cn(C)nc2C)c1. The van der Waals surface area contributed by atoms with Crippen LogP contribution in [0.25, 0.3) is 0 Å². The molecule has 1 aromatic heterocycles. The number of hydrogen-bond donors (Lipinski definition) is 1. The molecule has 5 heteroatoms. The predicted octanol–water partition coefficient (Wildman–Crippen LogP) is 3.05. The van der Waals surface area contributed by atoms with Crippen LogP contribution in [0.1, 0.15) is 21.6 Å². The second-order valence-electron chi connectivity index (χ2n) is 4.27. The largest absolute Gasteiger partial charge is 0.322 e. The van der Waals surface area contributed by atoms with Crippen LogP contribution in [0.15, 0.2) is 28.9 Å². The molecule has 0 spiro atoms. The lowest BCUT2D eigenvalue weighted by atomic mass is 10.2. The number of aryl methyl sites for hydroxylation is 3. The number of nitrogens with one attached hydrogen (secondary N) is 1. The minimum absolute atomic E-state index is 0.141. The van der Waals surface area contributed by atoms with E-state index in [-0.39, 0.29) is 5.91 Å². The number of aromatic nitrogens is 2. The van der Waals surface area contributed by atoms with E-state index >= 15 is 0 Å². The summed E-state index contributed by atoms with van der Waals surface area (Å²) in [4.78, 5) is 12.1. The lowest BCUT2D eigenvalue weighted by molar-refractivity contribution is 0.102. The van der Waals surface area contributed by atoms with E-state index < -0.39 is 0 Å². The van der Waals surface area contributed by atoms with Gasteiger partial charge in [0.1, 0.15) is 0 Å². The van der Waals surface area contributed by atoms with E-state index in [1.165, 1.54) is 0 Å². The highest BCUT2D eigenvalue weighted by atomic mass is 79.9. The van der Waals surface area contributed by atoms with Crippen LogP contribution in [0.2, 0.25) is 0 Å². The second kappa shape index (κ2) is 4.94. The van der Waals surface area contributed by atoms with E-state index in [0.717, 1.165) is 21.4 Å². The first kappa shape index (κ1) is 12.8. The fraction of sp³-hybridized carbons (Fsp3) is 0.231. The molecule has 0 aliphatic rings. The molecule has 0 saturated carbocycles. The van der Waals surface area contributed by atoms with Crippen LogP contribution in [0, 0.1) is 13.8 Å². The van der Waals surface area contributed by atoms with Crippen molar-refractivity contribution < 1.29 is 4.79 Å². The fourth-order valence-electron chi connectivity index (χ4n) is 1.83.